The van der Waals surface area contributed by atoms with Crippen LogP contribution in [0.3, 0.4) is 0 Å². The van der Waals surface area contributed by atoms with Crippen LogP contribution in [0.15, 0.2) is 4.99 Å². The Kier molecular flexibility index (Phi) is 5.44. The minimum atomic E-state index is 0.104. The number of aliphatic imine (C=N–C) groups is 1. The van der Waals surface area contributed by atoms with E-state index in [-0.39, 0.29) is 5.91 Å². The fraction of sp³-hybridized carbons (Fsp3) is 0.889. The van der Waals surface area contributed by atoms with E-state index >= 15 is 0 Å². The normalized spacial score (nSPS) is 25.1. The lowest BCUT2D eigenvalue weighted by Gasteiger charge is -2.26. The molecule has 0 radical (unpaired) electrons. The van der Waals surface area contributed by atoms with E-state index < -0.39 is 0 Å². The molecule has 0 aromatic rings. The van der Waals surface area contributed by atoms with Gasteiger partial charge in [0.2, 0.25) is 5.91 Å². The van der Waals surface area contributed by atoms with Gasteiger partial charge in [-0.15, -0.1) is 0 Å². The lowest BCUT2D eigenvalue weighted by Crippen LogP contribution is -2.47. The van der Waals surface area contributed by atoms with Gasteiger partial charge in [0.15, 0.2) is 5.96 Å². The molecule has 3 fully saturated rings. The van der Waals surface area contributed by atoms with E-state index in [9.17, 15) is 4.79 Å². The number of likely N-dealkylation sites (tertiary alicyclic amines) is 1. The minimum absolute atomic E-state index is 0.104. The predicted octanol–water partition coefficient (Wildman–Crippen LogP) is 2.28. The second kappa shape index (κ2) is 7.54. The minimum Gasteiger partial charge on any atom is -0.352 e. The molecule has 0 aromatic heterocycles. The summed E-state index contributed by atoms with van der Waals surface area (Å²) < 4.78 is 0. The summed E-state index contributed by atoms with van der Waals surface area (Å²) >= 11 is 0. The van der Waals surface area contributed by atoms with Gasteiger partial charge in [-0.1, -0.05) is 32.1 Å². The Morgan fingerprint density at radius 3 is 2.57 bits per heavy atom. The molecule has 3 rings (SSSR count). The third-order valence-electron chi connectivity index (χ3n) is 5.99. The maximum absolute atomic E-state index is 12.1. The van der Waals surface area contributed by atoms with Crippen LogP contribution in [0.2, 0.25) is 0 Å². The first-order valence-corrected chi connectivity index (χ1v) is 9.46. The van der Waals surface area contributed by atoms with Crippen molar-refractivity contribution in [2.24, 2.45) is 10.4 Å². The van der Waals surface area contributed by atoms with E-state index in [0.717, 1.165) is 31.9 Å². The molecule has 1 heterocycles. The Labute approximate surface area is 140 Å². The first kappa shape index (κ1) is 16.6. The number of rotatable bonds is 3. The van der Waals surface area contributed by atoms with Crippen molar-refractivity contribution in [3.63, 3.8) is 0 Å². The van der Waals surface area contributed by atoms with E-state index in [1.165, 1.54) is 51.4 Å². The highest BCUT2D eigenvalue weighted by molar-refractivity contribution is 5.86. The van der Waals surface area contributed by atoms with E-state index in [1.807, 2.05) is 7.05 Å². The molecule has 1 spiro atoms. The van der Waals surface area contributed by atoms with Gasteiger partial charge in [-0.25, -0.2) is 0 Å². The fourth-order valence-electron chi connectivity index (χ4n) is 4.67. The summed E-state index contributed by atoms with van der Waals surface area (Å²) in [6, 6.07) is 0.383. The van der Waals surface area contributed by atoms with Crippen LogP contribution in [0.25, 0.3) is 0 Å². The highest BCUT2D eigenvalue weighted by atomic mass is 16.2. The van der Waals surface area contributed by atoms with E-state index in [2.05, 4.69) is 20.5 Å². The lowest BCUT2D eigenvalue weighted by atomic mass is 9.86. The van der Waals surface area contributed by atoms with E-state index in [1.54, 1.807) is 0 Å². The van der Waals surface area contributed by atoms with Crippen LogP contribution >= 0.6 is 0 Å². The summed E-state index contributed by atoms with van der Waals surface area (Å²) in [5.41, 5.74) is 0.530. The maximum Gasteiger partial charge on any atom is 0.239 e. The number of carbonyl (C=O) groups is 1. The largest absolute Gasteiger partial charge is 0.352 e. The monoisotopic (exact) mass is 320 g/mol. The summed E-state index contributed by atoms with van der Waals surface area (Å²) in [5, 5.41) is 6.43. The van der Waals surface area contributed by atoms with Gasteiger partial charge in [-0.05, 0) is 37.5 Å². The van der Waals surface area contributed by atoms with E-state index in [4.69, 9.17) is 0 Å². The highest BCUT2D eigenvalue weighted by Crippen LogP contribution is 2.45. The molecule has 0 aromatic carbocycles. The van der Waals surface area contributed by atoms with E-state index in [0.29, 0.717) is 18.0 Å². The third kappa shape index (κ3) is 4.18. The van der Waals surface area contributed by atoms with Gasteiger partial charge < -0.3 is 15.5 Å². The predicted molar refractivity (Wildman–Crippen MR) is 93.5 cm³/mol. The van der Waals surface area contributed by atoms with Crippen molar-refractivity contribution < 1.29 is 4.79 Å². The Balaban J connectivity index is 1.43. The number of carbonyl (C=O) groups excluding carboxylic acids is 1. The summed E-state index contributed by atoms with van der Waals surface area (Å²) in [6.45, 7) is 2.52. The molecule has 2 saturated carbocycles. The zero-order chi connectivity index (χ0) is 16.1. The van der Waals surface area contributed by atoms with Gasteiger partial charge in [-0.2, -0.15) is 0 Å². The molecular weight excluding hydrogens is 288 g/mol. The van der Waals surface area contributed by atoms with Crippen molar-refractivity contribution in [1.29, 1.82) is 0 Å². The summed E-state index contributed by atoms with van der Waals surface area (Å²) in [4.78, 5) is 18.9. The fourth-order valence-corrected chi connectivity index (χ4v) is 4.67. The van der Waals surface area contributed by atoms with Crippen LogP contribution in [0.4, 0.5) is 0 Å². The average molecular weight is 320 g/mol. The molecular formula is C18H32N4O. The zero-order valence-corrected chi connectivity index (χ0v) is 14.6. The second-order valence-electron chi connectivity index (χ2n) is 7.68. The van der Waals surface area contributed by atoms with Crippen molar-refractivity contribution in [3.05, 3.63) is 0 Å². The number of nitrogens with one attached hydrogen (secondary N) is 2. The molecule has 0 unspecified atom stereocenters. The molecule has 0 bridgehead atoms. The molecule has 1 aliphatic heterocycles. The van der Waals surface area contributed by atoms with Crippen LogP contribution < -0.4 is 10.6 Å². The summed E-state index contributed by atoms with van der Waals surface area (Å²) in [5.74, 6) is 1.00. The molecule has 1 saturated heterocycles. The molecule has 130 valence electrons. The van der Waals surface area contributed by atoms with Crippen molar-refractivity contribution in [3.8, 4) is 0 Å². The van der Waals surface area contributed by atoms with Gasteiger partial charge in [0.05, 0.1) is 6.54 Å². The van der Waals surface area contributed by atoms with Crippen LogP contribution in [0, 0.1) is 5.41 Å². The van der Waals surface area contributed by atoms with Gasteiger partial charge >= 0.3 is 0 Å². The molecule has 23 heavy (non-hydrogen) atoms. The standard InChI is InChI=1S/C18H32N4O/c1-19-17(22-12-11-18(14-22)9-5-6-10-18)20-13-16(23)21-15-7-3-2-4-8-15/h15H,2-14H2,1H3,(H,19,20)(H,21,23). The summed E-state index contributed by atoms with van der Waals surface area (Å²) in [6.07, 6.45) is 12.8. The molecule has 2 aliphatic carbocycles. The number of nitrogens with zero attached hydrogens (tertiary/aromatic N) is 2. The third-order valence-corrected chi connectivity index (χ3v) is 5.99. The van der Waals surface area contributed by atoms with Gasteiger partial charge in [-0.3, -0.25) is 9.79 Å². The van der Waals surface area contributed by atoms with Gasteiger partial charge in [0, 0.05) is 26.2 Å². The Morgan fingerprint density at radius 1 is 1.13 bits per heavy atom. The maximum atomic E-state index is 12.1. The molecule has 2 N–H and O–H groups in total. The van der Waals surface area contributed by atoms with Crippen LogP contribution in [-0.4, -0.2) is 49.5 Å². The topological polar surface area (TPSA) is 56.7 Å². The number of amides is 1. The Hall–Kier alpha value is -1.26. The van der Waals surface area contributed by atoms with Gasteiger partial charge in [0.1, 0.15) is 0 Å². The van der Waals surface area contributed by atoms with Crippen molar-refractivity contribution in [2.75, 3.05) is 26.7 Å². The second-order valence-corrected chi connectivity index (χ2v) is 7.68. The van der Waals surface area contributed by atoms with Gasteiger partial charge in [0.25, 0.3) is 0 Å². The van der Waals surface area contributed by atoms with Crippen molar-refractivity contribution in [1.82, 2.24) is 15.5 Å². The summed E-state index contributed by atoms with van der Waals surface area (Å²) in [7, 11) is 1.82. The smallest absolute Gasteiger partial charge is 0.239 e. The molecule has 5 nitrogen and oxygen atoms in total. The zero-order valence-electron chi connectivity index (χ0n) is 14.6. The van der Waals surface area contributed by atoms with Crippen LogP contribution in [-0.2, 0) is 4.79 Å². The number of guanidine groups is 1. The average Bonchev–Trinajstić information content (AvgIpc) is 3.20. The Bertz CT molecular complexity index is 436. The molecule has 5 heteroatoms. The molecule has 0 atom stereocenters. The number of hydrogen-bond acceptors (Lipinski definition) is 2. The highest BCUT2D eigenvalue weighted by Gasteiger charge is 2.41. The van der Waals surface area contributed by atoms with Crippen molar-refractivity contribution >= 4 is 11.9 Å². The van der Waals surface area contributed by atoms with Crippen LogP contribution in [0.1, 0.15) is 64.2 Å². The first-order valence-electron chi connectivity index (χ1n) is 9.46. The first-order chi connectivity index (χ1) is 11.2. The molecule has 1 amide bonds. The lowest BCUT2D eigenvalue weighted by molar-refractivity contribution is -0.120. The van der Waals surface area contributed by atoms with Crippen molar-refractivity contribution in [2.45, 2.75) is 70.3 Å². The van der Waals surface area contributed by atoms with Crippen LogP contribution in [0.5, 0.6) is 0 Å². The molecule has 3 aliphatic rings. The SMILES string of the molecule is CN=C(NCC(=O)NC1CCCCC1)N1CCC2(CCCC2)C1. The number of hydrogen-bond donors (Lipinski definition) is 2. The Morgan fingerprint density at radius 2 is 1.87 bits per heavy atom. The quantitative estimate of drug-likeness (QED) is 0.619.